The fourth-order valence-electron chi connectivity index (χ4n) is 2.71. The van der Waals surface area contributed by atoms with E-state index < -0.39 is 30.4 Å². The first-order valence-corrected chi connectivity index (χ1v) is 7.94. The van der Waals surface area contributed by atoms with E-state index in [9.17, 15) is 22.8 Å². The van der Waals surface area contributed by atoms with Gasteiger partial charge in [-0.2, -0.15) is 13.2 Å². The van der Waals surface area contributed by atoms with Crippen LogP contribution in [-0.2, 0) is 17.5 Å². The van der Waals surface area contributed by atoms with E-state index in [1.807, 2.05) is 0 Å². The minimum atomic E-state index is -4.71. The van der Waals surface area contributed by atoms with Crippen molar-refractivity contribution < 1.29 is 22.8 Å². The van der Waals surface area contributed by atoms with Crippen molar-refractivity contribution in [2.45, 2.75) is 12.7 Å². The van der Waals surface area contributed by atoms with Crippen LogP contribution in [0, 0.1) is 0 Å². The van der Waals surface area contributed by atoms with Gasteiger partial charge in [-0.3, -0.25) is 9.59 Å². The van der Waals surface area contributed by atoms with Gasteiger partial charge < -0.3 is 15.2 Å². The monoisotopic (exact) mass is 376 g/mol. The number of anilines is 1. The third kappa shape index (κ3) is 3.76. The van der Waals surface area contributed by atoms with E-state index >= 15 is 0 Å². The number of nitrogens with one attached hydrogen (secondary N) is 2. The molecule has 0 spiro atoms. The number of benzene rings is 2. The summed E-state index contributed by atoms with van der Waals surface area (Å²) < 4.78 is 40.7. The van der Waals surface area contributed by atoms with Gasteiger partial charge in [-0.05, 0) is 24.3 Å². The van der Waals surface area contributed by atoms with Crippen LogP contribution in [-0.4, -0.2) is 28.4 Å². The van der Waals surface area contributed by atoms with Crippen molar-refractivity contribution in [3.8, 4) is 0 Å². The van der Waals surface area contributed by atoms with Crippen LogP contribution in [0.3, 0.4) is 0 Å². The summed E-state index contributed by atoms with van der Waals surface area (Å²) in [5.41, 5.74) is 0.752. The normalized spacial score (nSPS) is 11.4. The molecule has 0 aliphatic rings. The van der Waals surface area contributed by atoms with Gasteiger partial charge >= 0.3 is 6.18 Å². The van der Waals surface area contributed by atoms with Crippen LogP contribution in [0.4, 0.5) is 18.9 Å². The van der Waals surface area contributed by atoms with Gasteiger partial charge in [0.1, 0.15) is 6.54 Å². The van der Waals surface area contributed by atoms with Gasteiger partial charge in [0.2, 0.25) is 11.7 Å². The number of rotatable bonds is 4. The summed E-state index contributed by atoms with van der Waals surface area (Å²) in [7, 11) is 1.44. The summed E-state index contributed by atoms with van der Waals surface area (Å²) in [5, 5.41) is 4.93. The van der Waals surface area contributed by atoms with Gasteiger partial charge in [-0.1, -0.05) is 24.3 Å². The average molecular weight is 376 g/mol. The highest BCUT2D eigenvalue weighted by molar-refractivity contribution is 6.03. The standard InChI is InChI=1S/C18H15F3N4O2/c1-22-16(27)11-6-2-3-7-12(11)23-15(26)10-25-14-9-5-4-8-13(14)24-17(25)18(19,20)21/h2-9H,10H2,1H3,(H,22,27)(H,23,26). The maximum absolute atomic E-state index is 13.3. The molecular weight excluding hydrogens is 361 g/mol. The Morgan fingerprint density at radius 3 is 2.44 bits per heavy atom. The van der Waals surface area contributed by atoms with Crippen molar-refractivity contribution >= 4 is 28.5 Å². The van der Waals surface area contributed by atoms with Crippen molar-refractivity contribution in [1.82, 2.24) is 14.9 Å². The van der Waals surface area contributed by atoms with Crippen molar-refractivity contribution in [1.29, 1.82) is 0 Å². The predicted octanol–water partition coefficient (Wildman–Crippen LogP) is 3.05. The largest absolute Gasteiger partial charge is 0.449 e. The maximum Gasteiger partial charge on any atom is 0.449 e. The van der Waals surface area contributed by atoms with Crippen LogP contribution >= 0.6 is 0 Å². The van der Waals surface area contributed by atoms with Crippen LogP contribution in [0.2, 0.25) is 0 Å². The molecule has 2 amide bonds. The van der Waals surface area contributed by atoms with E-state index in [1.54, 1.807) is 24.3 Å². The molecule has 0 bridgehead atoms. The number of amides is 2. The molecule has 3 aromatic rings. The Bertz CT molecular complexity index is 1010. The number of para-hydroxylation sites is 3. The molecule has 0 fully saturated rings. The van der Waals surface area contributed by atoms with Gasteiger partial charge in [0, 0.05) is 7.05 Å². The number of hydrogen-bond acceptors (Lipinski definition) is 3. The molecule has 0 saturated heterocycles. The fourth-order valence-corrected chi connectivity index (χ4v) is 2.71. The Labute approximate surface area is 152 Å². The predicted molar refractivity (Wildman–Crippen MR) is 93.2 cm³/mol. The molecule has 6 nitrogen and oxygen atoms in total. The number of aromatic nitrogens is 2. The number of imidazole rings is 1. The summed E-state index contributed by atoms with van der Waals surface area (Å²) in [6, 6.07) is 12.3. The van der Waals surface area contributed by atoms with Crippen LogP contribution in [0.25, 0.3) is 11.0 Å². The van der Waals surface area contributed by atoms with Crippen molar-refractivity contribution in [3.05, 3.63) is 59.9 Å². The number of halogens is 3. The first kappa shape index (κ1) is 18.4. The first-order chi connectivity index (χ1) is 12.8. The van der Waals surface area contributed by atoms with Gasteiger partial charge in [-0.15, -0.1) is 0 Å². The summed E-state index contributed by atoms with van der Waals surface area (Å²) in [6.07, 6.45) is -4.71. The van der Waals surface area contributed by atoms with E-state index in [4.69, 9.17) is 0 Å². The smallest absolute Gasteiger partial charge is 0.355 e. The van der Waals surface area contributed by atoms with Crippen LogP contribution < -0.4 is 10.6 Å². The van der Waals surface area contributed by atoms with Crippen LogP contribution in [0.5, 0.6) is 0 Å². The van der Waals surface area contributed by atoms with E-state index in [0.29, 0.717) is 0 Å². The molecule has 0 aliphatic heterocycles. The molecule has 3 rings (SSSR count). The van der Waals surface area contributed by atoms with E-state index in [1.165, 1.54) is 31.3 Å². The second kappa shape index (κ2) is 7.10. The van der Waals surface area contributed by atoms with E-state index in [0.717, 1.165) is 4.57 Å². The second-order valence-electron chi connectivity index (χ2n) is 5.68. The molecule has 27 heavy (non-hydrogen) atoms. The molecule has 0 atom stereocenters. The number of hydrogen-bond donors (Lipinski definition) is 2. The quantitative estimate of drug-likeness (QED) is 0.735. The molecule has 1 aromatic heterocycles. The van der Waals surface area contributed by atoms with E-state index in [-0.39, 0.29) is 22.3 Å². The Kier molecular flexibility index (Phi) is 4.85. The van der Waals surface area contributed by atoms with Crippen molar-refractivity contribution in [3.63, 3.8) is 0 Å². The summed E-state index contributed by atoms with van der Waals surface area (Å²) in [5.74, 6) is -2.28. The van der Waals surface area contributed by atoms with Crippen molar-refractivity contribution in [2.24, 2.45) is 0 Å². The second-order valence-corrected chi connectivity index (χ2v) is 5.68. The number of carbonyl (C=O) groups is 2. The maximum atomic E-state index is 13.3. The lowest BCUT2D eigenvalue weighted by atomic mass is 10.1. The number of carbonyl (C=O) groups excluding carboxylic acids is 2. The van der Waals surface area contributed by atoms with Gasteiger partial charge in [0.25, 0.3) is 5.91 Å². The Morgan fingerprint density at radius 1 is 1.07 bits per heavy atom. The van der Waals surface area contributed by atoms with Gasteiger partial charge in [0.15, 0.2) is 0 Å². The summed E-state index contributed by atoms with van der Waals surface area (Å²) in [6.45, 7) is -0.600. The molecule has 0 radical (unpaired) electrons. The molecule has 0 unspecified atom stereocenters. The lowest BCUT2D eigenvalue weighted by Gasteiger charge is -2.13. The Hall–Kier alpha value is -3.36. The SMILES string of the molecule is CNC(=O)c1ccccc1NC(=O)Cn1c(C(F)(F)F)nc2ccccc21. The summed E-state index contributed by atoms with van der Waals surface area (Å²) >= 11 is 0. The lowest BCUT2D eigenvalue weighted by molar-refractivity contribution is -0.147. The highest BCUT2D eigenvalue weighted by Crippen LogP contribution is 2.31. The minimum Gasteiger partial charge on any atom is -0.355 e. The summed E-state index contributed by atoms with van der Waals surface area (Å²) in [4.78, 5) is 27.9. The molecule has 0 saturated carbocycles. The highest BCUT2D eigenvalue weighted by Gasteiger charge is 2.38. The van der Waals surface area contributed by atoms with Crippen LogP contribution in [0.1, 0.15) is 16.2 Å². The molecule has 1 heterocycles. The topological polar surface area (TPSA) is 76.0 Å². The zero-order valence-corrected chi connectivity index (χ0v) is 14.2. The van der Waals surface area contributed by atoms with Gasteiger partial charge in [-0.25, -0.2) is 4.98 Å². The van der Waals surface area contributed by atoms with Gasteiger partial charge in [0.05, 0.1) is 22.3 Å². The number of fused-ring (bicyclic) bond motifs is 1. The third-order valence-electron chi connectivity index (χ3n) is 3.88. The first-order valence-electron chi connectivity index (χ1n) is 7.94. The zero-order valence-electron chi connectivity index (χ0n) is 14.2. The zero-order chi connectivity index (χ0) is 19.6. The van der Waals surface area contributed by atoms with Crippen molar-refractivity contribution in [2.75, 3.05) is 12.4 Å². The molecular formula is C18H15F3N4O2. The molecule has 2 N–H and O–H groups in total. The Balaban J connectivity index is 1.93. The molecule has 2 aromatic carbocycles. The molecule has 9 heteroatoms. The molecule has 0 aliphatic carbocycles. The third-order valence-corrected chi connectivity index (χ3v) is 3.88. The number of alkyl halides is 3. The highest BCUT2D eigenvalue weighted by atomic mass is 19.4. The van der Waals surface area contributed by atoms with E-state index in [2.05, 4.69) is 15.6 Å². The molecule has 140 valence electrons. The fraction of sp³-hybridized carbons (Fsp3) is 0.167. The lowest BCUT2D eigenvalue weighted by Crippen LogP contribution is -2.25. The number of nitrogens with zero attached hydrogens (tertiary/aromatic N) is 2. The average Bonchev–Trinajstić information content (AvgIpc) is 3.00. The van der Waals surface area contributed by atoms with Crippen LogP contribution in [0.15, 0.2) is 48.5 Å². The Morgan fingerprint density at radius 2 is 1.74 bits per heavy atom. The minimum absolute atomic E-state index is 0.142.